The van der Waals surface area contributed by atoms with E-state index in [9.17, 15) is 14.3 Å². The molecule has 1 aromatic rings. The van der Waals surface area contributed by atoms with Crippen molar-refractivity contribution < 1.29 is 19.4 Å². The van der Waals surface area contributed by atoms with Crippen molar-refractivity contribution in [3.05, 3.63) is 28.5 Å². The van der Waals surface area contributed by atoms with E-state index in [1.165, 1.54) is 0 Å². The number of aromatic hydroxyl groups is 1. The molecule has 0 bridgehead atoms. The number of carboxylic acid groups (broad SMARTS) is 1. The standard InChI is InChI=1S/C8H7ClFNO3/c9-6-3(10)1-2-4(12)5(6)7(11)8(13)14/h1-2,7,12H,11H2,(H,13,14). The Balaban J connectivity index is 3.32. The summed E-state index contributed by atoms with van der Waals surface area (Å²) < 4.78 is 12.9. The highest BCUT2D eigenvalue weighted by Gasteiger charge is 2.23. The van der Waals surface area contributed by atoms with Gasteiger partial charge in [0.15, 0.2) is 0 Å². The van der Waals surface area contributed by atoms with Gasteiger partial charge in [0.2, 0.25) is 0 Å². The van der Waals surface area contributed by atoms with Crippen LogP contribution in [0.4, 0.5) is 4.39 Å². The fourth-order valence-corrected chi connectivity index (χ4v) is 1.25. The van der Waals surface area contributed by atoms with Crippen LogP contribution in [0.15, 0.2) is 12.1 Å². The zero-order valence-electron chi connectivity index (χ0n) is 6.87. The molecule has 1 atom stereocenters. The zero-order chi connectivity index (χ0) is 10.9. The zero-order valence-corrected chi connectivity index (χ0v) is 7.62. The molecule has 4 N–H and O–H groups in total. The molecule has 1 rings (SSSR count). The number of rotatable bonds is 2. The molecular formula is C8H7ClFNO3. The number of aliphatic carboxylic acids is 1. The Hall–Kier alpha value is -1.33. The summed E-state index contributed by atoms with van der Waals surface area (Å²) >= 11 is 5.46. The lowest BCUT2D eigenvalue weighted by atomic mass is 10.1. The van der Waals surface area contributed by atoms with Crippen LogP contribution >= 0.6 is 11.6 Å². The molecule has 6 heteroatoms. The van der Waals surface area contributed by atoms with Gasteiger partial charge >= 0.3 is 5.97 Å². The van der Waals surface area contributed by atoms with E-state index in [2.05, 4.69) is 0 Å². The lowest BCUT2D eigenvalue weighted by Gasteiger charge is -2.11. The molecule has 76 valence electrons. The Bertz CT molecular complexity index is 383. The minimum Gasteiger partial charge on any atom is -0.508 e. The van der Waals surface area contributed by atoms with Gasteiger partial charge in [0.25, 0.3) is 0 Å². The first-order valence-corrected chi connectivity index (χ1v) is 3.98. The number of hydrogen-bond acceptors (Lipinski definition) is 3. The van der Waals surface area contributed by atoms with Crippen molar-refractivity contribution in [2.24, 2.45) is 5.73 Å². The van der Waals surface area contributed by atoms with Gasteiger partial charge in [-0.25, -0.2) is 4.39 Å². The van der Waals surface area contributed by atoms with Gasteiger partial charge in [-0.2, -0.15) is 0 Å². The molecule has 0 saturated heterocycles. The molecule has 4 nitrogen and oxygen atoms in total. The lowest BCUT2D eigenvalue weighted by molar-refractivity contribution is -0.138. The molecular weight excluding hydrogens is 213 g/mol. The third kappa shape index (κ3) is 1.78. The van der Waals surface area contributed by atoms with Crippen LogP contribution in [0.3, 0.4) is 0 Å². The fraction of sp³-hybridized carbons (Fsp3) is 0.125. The predicted molar refractivity (Wildman–Crippen MR) is 47.6 cm³/mol. The van der Waals surface area contributed by atoms with Crippen LogP contribution in [0.25, 0.3) is 0 Å². The molecule has 0 aliphatic carbocycles. The highest BCUT2D eigenvalue weighted by molar-refractivity contribution is 6.32. The van der Waals surface area contributed by atoms with Gasteiger partial charge in [-0.15, -0.1) is 0 Å². The largest absolute Gasteiger partial charge is 0.508 e. The highest BCUT2D eigenvalue weighted by atomic mass is 35.5. The van der Waals surface area contributed by atoms with E-state index in [0.29, 0.717) is 0 Å². The van der Waals surface area contributed by atoms with Crippen molar-refractivity contribution in [3.63, 3.8) is 0 Å². The van der Waals surface area contributed by atoms with E-state index >= 15 is 0 Å². The quantitative estimate of drug-likeness (QED) is 0.699. The minimum atomic E-state index is -1.54. The Kier molecular flexibility index (Phi) is 2.93. The average molecular weight is 220 g/mol. The topological polar surface area (TPSA) is 83.6 Å². The SMILES string of the molecule is NC(C(=O)O)c1c(O)ccc(F)c1Cl. The van der Waals surface area contributed by atoms with Gasteiger partial charge in [-0.3, -0.25) is 4.79 Å². The highest BCUT2D eigenvalue weighted by Crippen LogP contribution is 2.32. The number of nitrogens with two attached hydrogens (primary N) is 1. The minimum absolute atomic E-state index is 0.320. The molecule has 14 heavy (non-hydrogen) atoms. The summed E-state index contributed by atoms with van der Waals surface area (Å²) in [5.74, 6) is -2.66. The number of benzene rings is 1. The summed E-state index contributed by atoms with van der Waals surface area (Å²) in [6.07, 6.45) is 0. The third-order valence-electron chi connectivity index (χ3n) is 1.69. The first kappa shape index (κ1) is 10.7. The van der Waals surface area contributed by atoms with Crippen LogP contribution in [0.1, 0.15) is 11.6 Å². The maximum Gasteiger partial charge on any atom is 0.325 e. The molecule has 0 aliphatic heterocycles. The van der Waals surface area contributed by atoms with Crippen molar-refractivity contribution in [2.45, 2.75) is 6.04 Å². The van der Waals surface area contributed by atoms with Crippen LogP contribution in [-0.2, 0) is 4.79 Å². The maximum atomic E-state index is 12.9. The van der Waals surface area contributed by atoms with E-state index < -0.39 is 28.6 Å². The van der Waals surface area contributed by atoms with Gasteiger partial charge in [0, 0.05) is 5.56 Å². The fourth-order valence-electron chi connectivity index (χ4n) is 0.975. The van der Waals surface area contributed by atoms with Crippen LogP contribution in [0.5, 0.6) is 5.75 Å². The lowest BCUT2D eigenvalue weighted by Crippen LogP contribution is -2.21. The Morgan fingerprint density at radius 1 is 1.57 bits per heavy atom. The first-order valence-electron chi connectivity index (χ1n) is 3.60. The van der Waals surface area contributed by atoms with Crippen molar-refractivity contribution in [1.29, 1.82) is 0 Å². The molecule has 1 aromatic carbocycles. The monoisotopic (exact) mass is 219 g/mol. The molecule has 0 aliphatic rings. The van der Waals surface area contributed by atoms with Crippen molar-refractivity contribution >= 4 is 17.6 Å². The van der Waals surface area contributed by atoms with Crippen molar-refractivity contribution in [3.8, 4) is 5.75 Å². The van der Waals surface area contributed by atoms with E-state index in [0.717, 1.165) is 12.1 Å². The number of halogens is 2. The second-order valence-electron chi connectivity index (χ2n) is 2.61. The number of carboxylic acids is 1. The number of carbonyl (C=O) groups is 1. The summed E-state index contributed by atoms with van der Waals surface area (Å²) in [4.78, 5) is 10.5. The average Bonchev–Trinajstić information content (AvgIpc) is 2.12. The number of phenolic OH excluding ortho intramolecular Hbond substituents is 1. The summed E-state index contributed by atoms with van der Waals surface area (Å²) in [5.41, 5.74) is 4.88. The summed E-state index contributed by atoms with van der Waals surface area (Å²) in [5, 5.41) is 17.3. The number of phenols is 1. The van der Waals surface area contributed by atoms with E-state index in [1.54, 1.807) is 0 Å². The molecule has 0 aromatic heterocycles. The number of hydrogen-bond donors (Lipinski definition) is 3. The molecule has 0 heterocycles. The molecule has 0 radical (unpaired) electrons. The van der Waals surface area contributed by atoms with Crippen LogP contribution < -0.4 is 5.73 Å². The Morgan fingerprint density at radius 3 is 2.64 bits per heavy atom. The molecule has 0 spiro atoms. The van der Waals surface area contributed by atoms with Crippen LogP contribution in [-0.4, -0.2) is 16.2 Å². The summed E-state index contributed by atoms with van der Waals surface area (Å²) in [7, 11) is 0. The second-order valence-corrected chi connectivity index (χ2v) is 2.99. The third-order valence-corrected chi connectivity index (χ3v) is 2.07. The van der Waals surface area contributed by atoms with Crippen LogP contribution in [0, 0.1) is 5.82 Å². The van der Waals surface area contributed by atoms with Gasteiger partial charge in [0.1, 0.15) is 17.6 Å². The molecule has 0 fully saturated rings. The van der Waals surface area contributed by atoms with Gasteiger partial charge in [0.05, 0.1) is 5.02 Å². The van der Waals surface area contributed by atoms with E-state index in [-0.39, 0.29) is 5.56 Å². The van der Waals surface area contributed by atoms with Crippen molar-refractivity contribution in [1.82, 2.24) is 0 Å². The van der Waals surface area contributed by atoms with Gasteiger partial charge in [-0.05, 0) is 12.1 Å². The van der Waals surface area contributed by atoms with Gasteiger partial charge < -0.3 is 15.9 Å². The van der Waals surface area contributed by atoms with Crippen LogP contribution in [0.2, 0.25) is 5.02 Å². The second kappa shape index (κ2) is 3.81. The smallest absolute Gasteiger partial charge is 0.325 e. The summed E-state index contributed by atoms with van der Waals surface area (Å²) in [6, 6.07) is 0.382. The predicted octanol–water partition coefficient (Wildman–Crippen LogP) is 1.27. The summed E-state index contributed by atoms with van der Waals surface area (Å²) in [6.45, 7) is 0. The molecule has 1 unspecified atom stereocenters. The first-order chi connectivity index (χ1) is 6.45. The maximum absolute atomic E-state index is 12.9. The molecule has 0 saturated carbocycles. The Labute approximate surface area is 83.7 Å². The van der Waals surface area contributed by atoms with E-state index in [4.69, 9.17) is 22.4 Å². The molecule has 0 amide bonds. The van der Waals surface area contributed by atoms with E-state index in [1.807, 2.05) is 0 Å². The van der Waals surface area contributed by atoms with Gasteiger partial charge in [-0.1, -0.05) is 11.6 Å². The van der Waals surface area contributed by atoms with Crippen molar-refractivity contribution in [2.75, 3.05) is 0 Å². The Morgan fingerprint density at radius 2 is 2.14 bits per heavy atom. The normalized spacial score (nSPS) is 12.5.